The SMILES string of the molecule is N#Cc1ccc(Br)cc1N1CCSCC1CC(=O)O. The number of nitrogens with zero attached hydrogens (tertiary/aromatic N) is 2. The topological polar surface area (TPSA) is 64.3 Å². The number of benzene rings is 1. The van der Waals surface area contributed by atoms with E-state index in [0.29, 0.717) is 5.56 Å². The molecule has 0 aromatic heterocycles. The molecule has 1 aromatic rings. The van der Waals surface area contributed by atoms with Crippen molar-refractivity contribution in [2.45, 2.75) is 12.5 Å². The van der Waals surface area contributed by atoms with Crippen LogP contribution in [-0.4, -0.2) is 35.2 Å². The summed E-state index contributed by atoms with van der Waals surface area (Å²) in [5.41, 5.74) is 1.41. The van der Waals surface area contributed by atoms with Crippen LogP contribution < -0.4 is 4.90 Å². The van der Waals surface area contributed by atoms with E-state index in [9.17, 15) is 10.1 Å². The molecule has 0 saturated carbocycles. The molecule has 4 nitrogen and oxygen atoms in total. The number of aliphatic carboxylic acids is 1. The first-order chi connectivity index (χ1) is 9.11. The van der Waals surface area contributed by atoms with Crippen LogP contribution in [0.2, 0.25) is 0 Å². The smallest absolute Gasteiger partial charge is 0.305 e. The Kier molecular flexibility index (Phi) is 4.72. The molecule has 0 aliphatic carbocycles. The molecular weight excluding hydrogens is 328 g/mol. The van der Waals surface area contributed by atoms with E-state index in [1.165, 1.54) is 0 Å². The number of nitriles is 1. The second-order valence-corrected chi connectivity index (χ2v) is 6.36. The fourth-order valence-electron chi connectivity index (χ4n) is 2.18. The monoisotopic (exact) mass is 340 g/mol. The third-order valence-electron chi connectivity index (χ3n) is 3.03. The first-order valence-corrected chi connectivity index (χ1v) is 7.82. The summed E-state index contributed by atoms with van der Waals surface area (Å²) in [5.74, 6) is 0.933. The molecule has 1 atom stereocenters. The Morgan fingerprint density at radius 3 is 3.11 bits per heavy atom. The molecule has 100 valence electrons. The van der Waals surface area contributed by atoms with E-state index in [-0.39, 0.29) is 12.5 Å². The summed E-state index contributed by atoms with van der Waals surface area (Å²) in [7, 11) is 0. The number of carbonyl (C=O) groups is 1. The van der Waals surface area contributed by atoms with Crippen LogP contribution >= 0.6 is 27.7 Å². The average molecular weight is 341 g/mol. The summed E-state index contributed by atoms with van der Waals surface area (Å²) in [5, 5.41) is 18.2. The second-order valence-electron chi connectivity index (χ2n) is 4.29. The fraction of sp³-hybridized carbons (Fsp3) is 0.385. The molecule has 1 fully saturated rings. The van der Waals surface area contributed by atoms with E-state index in [4.69, 9.17) is 5.11 Å². The fourth-order valence-corrected chi connectivity index (χ4v) is 3.59. The minimum Gasteiger partial charge on any atom is -0.481 e. The van der Waals surface area contributed by atoms with Crippen LogP contribution in [0, 0.1) is 11.3 Å². The molecule has 1 unspecified atom stereocenters. The van der Waals surface area contributed by atoms with Crippen LogP contribution in [0.3, 0.4) is 0 Å². The van der Waals surface area contributed by atoms with Gasteiger partial charge < -0.3 is 10.0 Å². The second kappa shape index (κ2) is 6.31. The van der Waals surface area contributed by atoms with Crippen molar-refractivity contribution in [3.63, 3.8) is 0 Å². The Balaban J connectivity index is 2.34. The molecule has 1 aliphatic rings. The van der Waals surface area contributed by atoms with Gasteiger partial charge in [0.1, 0.15) is 6.07 Å². The zero-order valence-electron chi connectivity index (χ0n) is 10.2. The average Bonchev–Trinajstić information content (AvgIpc) is 2.38. The molecular formula is C13H13BrN2O2S. The van der Waals surface area contributed by atoms with E-state index < -0.39 is 5.97 Å². The Morgan fingerprint density at radius 2 is 2.42 bits per heavy atom. The lowest BCUT2D eigenvalue weighted by Crippen LogP contribution is -2.44. The Hall–Kier alpha value is -1.19. The van der Waals surface area contributed by atoms with Crippen molar-refractivity contribution in [2.24, 2.45) is 0 Å². The lowest BCUT2D eigenvalue weighted by molar-refractivity contribution is -0.137. The zero-order valence-corrected chi connectivity index (χ0v) is 12.6. The third-order valence-corrected chi connectivity index (χ3v) is 4.61. The molecule has 0 bridgehead atoms. The lowest BCUT2D eigenvalue weighted by Gasteiger charge is -2.37. The van der Waals surface area contributed by atoms with Gasteiger partial charge in [0, 0.05) is 28.6 Å². The highest BCUT2D eigenvalue weighted by molar-refractivity contribution is 9.10. The van der Waals surface area contributed by atoms with Crippen molar-refractivity contribution >= 4 is 39.3 Å². The van der Waals surface area contributed by atoms with E-state index in [1.54, 1.807) is 17.8 Å². The number of halogens is 1. The van der Waals surface area contributed by atoms with E-state index in [0.717, 1.165) is 28.2 Å². The Bertz CT molecular complexity index is 530. The van der Waals surface area contributed by atoms with Gasteiger partial charge in [-0.05, 0) is 18.2 Å². The summed E-state index contributed by atoms with van der Waals surface area (Å²) < 4.78 is 0.897. The highest BCUT2D eigenvalue weighted by Gasteiger charge is 2.26. The quantitative estimate of drug-likeness (QED) is 0.916. The molecule has 1 aliphatic heterocycles. The molecule has 0 radical (unpaired) electrons. The van der Waals surface area contributed by atoms with Crippen LogP contribution in [0.25, 0.3) is 0 Å². The van der Waals surface area contributed by atoms with Gasteiger partial charge in [0.15, 0.2) is 0 Å². The van der Waals surface area contributed by atoms with Crippen LogP contribution in [0.5, 0.6) is 0 Å². The van der Waals surface area contributed by atoms with Gasteiger partial charge in [-0.3, -0.25) is 4.79 Å². The standard InChI is InChI=1S/C13H13BrN2O2S/c14-10-2-1-9(7-15)12(5-10)16-3-4-19-8-11(16)6-13(17)18/h1-2,5,11H,3-4,6,8H2,(H,17,18). The van der Waals surface area contributed by atoms with Crippen molar-refractivity contribution in [3.05, 3.63) is 28.2 Å². The molecule has 1 saturated heterocycles. The number of thioether (sulfide) groups is 1. The first-order valence-electron chi connectivity index (χ1n) is 5.87. The zero-order chi connectivity index (χ0) is 13.8. The van der Waals surface area contributed by atoms with Crippen molar-refractivity contribution in [2.75, 3.05) is 23.0 Å². The first kappa shape index (κ1) is 14.2. The van der Waals surface area contributed by atoms with Gasteiger partial charge in [-0.15, -0.1) is 0 Å². The van der Waals surface area contributed by atoms with Gasteiger partial charge in [0.25, 0.3) is 0 Å². The largest absolute Gasteiger partial charge is 0.481 e. The minimum atomic E-state index is -0.800. The minimum absolute atomic E-state index is 0.0577. The van der Waals surface area contributed by atoms with Gasteiger partial charge >= 0.3 is 5.97 Å². The van der Waals surface area contributed by atoms with Gasteiger partial charge in [0.05, 0.1) is 17.7 Å². The summed E-state index contributed by atoms with van der Waals surface area (Å²) in [6.07, 6.45) is 0.102. The number of rotatable bonds is 3. The molecule has 2 rings (SSSR count). The third kappa shape index (κ3) is 3.43. The van der Waals surface area contributed by atoms with Crippen LogP contribution in [0.15, 0.2) is 22.7 Å². The number of carboxylic acids is 1. The molecule has 1 aromatic carbocycles. The van der Waals surface area contributed by atoms with Crippen molar-refractivity contribution in [1.29, 1.82) is 5.26 Å². The number of carboxylic acid groups (broad SMARTS) is 1. The van der Waals surface area contributed by atoms with E-state index in [2.05, 4.69) is 22.0 Å². The van der Waals surface area contributed by atoms with Crippen LogP contribution in [0.4, 0.5) is 5.69 Å². The maximum absolute atomic E-state index is 11.0. The summed E-state index contributed by atoms with van der Waals surface area (Å²) in [4.78, 5) is 13.0. The maximum atomic E-state index is 11.0. The van der Waals surface area contributed by atoms with Gasteiger partial charge in [-0.25, -0.2) is 0 Å². The van der Waals surface area contributed by atoms with Crippen LogP contribution in [0.1, 0.15) is 12.0 Å². The summed E-state index contributed by atoms with van der Waals surface area (Å²) in [6, 6.07) is 7.60. The number of anilines is 1. The summed E-state index contributed by atoms with van der Waals surface area (Å²) in [6.45, 7) is 0.772. The van der Waals surface area contributed by atoms with Crippen LogP contribution in [-0.2, 0) is 4.79 Å². The van der Waals surface area contributed by atoms with Gasteiger partial charge in [-0.2, -0.15) is 17.0 Å². The molecule has 0 amide bonds. The molecule has 1 heterocycles. The number of hydrogen-bond donors (Lipinski definition) is 1. The van der Waals surface area contributed by atoms with Gasteiger partial charge in [-0.1, -0.05) is 15.9 Å². The van der Waals surface area contributed by atoms with Crippen molar-refractivity contribution in [3.8, 4) is 6.07 Å². The predicted molar refractivity (Wildman–Crippen MR) is 79.6 cm³/mol. The molecule has 6 heteroatoms. The maximum Gasteiger partial charge on any atom is 0.305 e. The normalized spacial score (nSPS) is 18.9. The predicted octanol–water partition coefficient (Wildman–Crippen LogP) is 2.72. The number of hydrogen-bond acceptors (Lipinski definition) is 4. The Morgan fingerprint density at radius 1 is 1.63 bits per heavy atom. The summed E-state index contributed by atoms with van der Waals surface area (Å²) >= 11 is 5.17. The Labute approximate surface area is 124 Å². The lowest BCUT2D eigenvalue weighted by atomic mass is 10.1. The highest BCUT2D eigenvalue weighted by Crippen LogP contribution is 2.30. The van der Waals surface area contributed by atoms with Crippen molar-refractivity contribution < 1.29 is 9.90 Å². The van der Waals surface area contributed by atoms with E-state index >= 15 is 0 Å². The molecule has 0 spiro atoms. The molecule has 1 N–H and O–H groups in total. The van der Waals surface area contributed by atoms with Crippen molar-refractivity contribution in [1.82, 2.24) is 0 Å². The van der Waals surface area contributed by atoms with E-state index in [1.807, 2.05) is 17.0 Å². The molecule has 19 heavy (non-hydrogen) atoms. The van der Waals surface area contributed by atoms with Gasteiger partial charge in [0.2, 0.25) is 0 Å². The highest BCUT2D eigenvalue weighted by atomic mass is 79.9.